The minimum absolute atomic E-state index is 0.121. The molecular weight excluding hydrogens is 462 g/mol. The summed E-state index contributed by atoms with van der Waals surface area (Å²) in [6.45, 7) is 0. The van der Waals surface area contributed by atoms with Gasteiger partial charge in [-0.2, -0.15) is 0 Å². The van der Waals surface area contributed by atoms with Gasteiger partial charge in [-0.1, -0.05) is 24.3 Å². The third-order valence-electron chi connectivity index (χ3n) is 3.77. The van der Waals surface area contributed by atoms with Crippen LogP contribution in [0.5, 0.6) is 0 Å². The molecule has 0 unspecified atom stereocenters. The summed E-state index contributed by atoms with van der Waals surface area (Å²) in [4.78, 5) is 41.3. The smallest absolute Gasteiger partial charge is 0.333 e. The molecule has 1 heterocycles. The number of nitro benzene ring substituents is 1. The molecule has 13 heteroatoms. The number of nitro groups is 2. The van der Waals surface area contributed by atoms with E-state index in [-0.39, 0.29) is 17.2 Å². The molecule has 0 atom stereocenters. The third kappa shape index (κ3) is 4.47. The van der Waals surface area contributed by atoms with Crippen LogP contribution < -0.4 is 16.2 Å². The molecule has 0 bridgehead atoms. The minimum Gasteiger partial charge on any atom is -0.333 e. The van der Waals surface area contributed by atoms with E-state index in [0.717, 1.165) is 6.33 Å². The number of nitrogens with zero attached hydrogens (tertiary/aromatic N) is 4. The first-order valence-corrected chi connectivity index (χ1v) is 8.98. The summed E-state index contributed by atoms with van der Waals surface area (Å²) in [6, 6.07) is 12.2. The summed E-state index contributed by atoms with van der Waals surface area (Å²) in [6.07, 6.45) is 1.06. The van der Waals surface area contributed by atoms with Gasteiger partial charge in [0.05, 0.1) is 15.5 Å². The largest absolute Gasteiger partial charge is 0.355 e. The molecule has 0 aliphatic rings. The van der Waals surface area contributed by atoms with Crippen molar-refractivity contribution in [2.45, 2.75) is 0 Å². The van der Waals surface area contributed by atoms with Gasteiger partial charge >= 0.3 is 5.69 Å². The fourth-order valence-corrected chi connectivity index (χ4v) is 2.82. The van der Waals surface area contributed by atoms with Crippen molar-refractivity contribution in [1.82, 2.24) is 15.4 Å². The summed E-state index contributed by atoms with van der Waals surface area (Å²) in [5.41, 5.74) is 3.87. The molecule has 1 aromatic heterocycles. The van der Waals surface area contributed by atoms with Gasteiger partial charge in [0.25, 0.3) is 11.6 Å². The Kier molecular flexibility index (Phi) is 6.12. The van der Waals surface area contributed by atoms with Crippen molar-refractivity contribution >= 4 is 50.5 Å². The molecule has 0 spiro atoms. The predicted molar refractivity (Wildman–Crippen MR) is 110 cm³/mol. The lowest BCUT2D eigenvalue weighted by atomic mass is 10.2. The highest BCUT2D eigenvalue weighted by molar-refractivity contribution is 9.10. The molecule has 2 aromatic carbocycles. The van der Waals surface area contributed by atoms with Crippen molar-refractivity contribution in [2.24, 2.45) is 0 Å². The first-order chi connectivity index (χ1) is 14.4. The average molecular weight is 474 g/mol. The monoisotopic (exact) mass is 473 g/mol. The van der Waals surface area contributed by atoms with E-state index < -0.39 is 27.1 Å². The highest BCUT2D eigenvalue weighted by atomic mass is 79.9. The Morgan fingerprint density at radius 1 is 0.933 bits per heavy atom. The van der Waals surface area contributed by atoms with Crippen LogP contribution in [0, 0.1) is 20.2 Å². The van der Waals surface area contributed by atoms with Gasteiger partial charge in [0.2, 0.25) is 11.6 Å². The van der Waals surface area contributed by atoms with Gasteiger partial charge in [-0.15, -0.1) is 0 Å². The number of hydrogen-bond acceptors (Lipinski definition) is 9. The van der Waals surface area contributed by atoms with E-state index in [9.17, 15) is 25.0 Å². The number of rotatable bonds is 7. The fourth-order valence-electron chi connectivity index (χ4n) is 2.43. The van der Waals surface area contributed by atoms with Crippen LogP contribution in [0.1, 0.15) is 10.4 Å². The number of carbonyl (C=O) groups is 1. The van der Waals surface area contributed by atoms with Gasteiger partial charge < -0.3 is 5.32 Å². The van der Waals surface area contributed by atoms with Crippen LogP contribution in [-0.2, 0) is 0 Å². The number of halogens is 1. The molecule has 3 aromatic rings. The number of anilines is 3. The normalized spacial score (nSPS) is 10.2. The second-order valence-corrected chi connectivity index (χ2v) is 6.49. The lowest BCUT2D eigenvalue weighted by Gasteiger charge is -2.11. The van der Waals surface area contributed by atoms with E-state index in [1.807, 2.05) is 0 Å². The molecule has 152 valence electrons. The molecule has 3 rings (SSSR count). The molecule has 0 aliphatic heterocycles. The second-order valence-electron chi connectivity index (χ2n) is 5.63. The van der Waals surface area contributed by atoms with Crippen molar-refractivity contribution in [3.63, 3.8) is 0 Å². The van der Waals surface area contributed by atoms with Crippen molar-refractivity contribution in [1.29, 1.82) is 0 Å². The molecule has 30 heavy (non-hydrogen) atoms. The minimum atomic E-state index is -0.865. The molecule has 0 aliphatic carbocycles. The molecule has 3 N–H and O–H groups in total. The molecular formula is C17H12BrN7O5. The second kappa shape index (κ2) is 8.91. The van der Waals surface area contributed by atoms with E-state index in [1.54, 1.807) is 24.3 Å². The van der Waals surface area contributed by atoms with Crippen molar-refractivity contribution < 1.29 is 14.6 Å². The van der Waals surface area contributed by atoms with Crippen LogP contribution in [-0.4, -0.2) is 25.7 Å². The lowest BCUT2D eigenvalue weighted by Crippen LogP contribution is -2.30. The van der Waals surface area contributed by atoms with Gasteiger partial charge in [0.15, 0.2) is 0 Å². The topological polar surface area (TPSA) is 165 Å². The first-order valence-electron chi connectivity index (χ1n) is 8.19. The van der Waals surface area contributed by atoms with Gasteiger partial charge in [-0.05, 0) is 34.1 Å². The van der Waals surface area contributed by atoms with Crippen LogP contribution in [0.2, 0.25) is 0 Å². The number of aromatic nitrogens is 2. The summed E-state index contributed by atoms with van der Waals surface area (Å²) in [7, 11) is 0. The predicted octanol–water partition coefficient (Wildman–Crippen LogP) is 3.56. The average Bonchev–Trinajstić information content (AvgIpc) is 2.73. The number of benzene rings is 2. The fraction of sp³-hybridized carbons (Fsp3) is 0. The summed E-state index contributed by atoms with van der Waals surface area (Å²) < 4.78 is 0.650. The zero-order valence-electron chi connectivity index (χ0n) is 14.9. The highest BCUT2D eigenvalue weighted by Gasteiger charge is 2.25. The van der Waals surface area contributed by atoms with Crippen LogP contribution in [0.3, 0.4) is 0 Å². The molecule has 12 nitrogen and oxygen atoms in total. The van der Waals surface area contributed by atoms with Gasteiger partial charge in [0, 0.05) is 10.5 Å². The summed E-state index contributed by atoms with van der Waals surface area (Å²) in [5, 5.41) is 25.5. The highest BCUT2D eigenvalue weighted by Crippen LogP contribution is 2.33. The van der Waals surface area contributed by atoms with E-state index in [0.29, 0.717) is 10.2 Å². The Morgan fingerprint density at radius 2 is 1.60 bits per heavy atom. The standard InChI is InChI=1S/C17H12BrN7O5/c18-11-6-2-3-7-12(11)21-15-14(25(29)30)16(20-9-19-15)22-23-17(26)10-5-1-4-8-13(10)24(27)28/h1-9H,(H,23,26)(H2,19,20,21,22). The van der Waals surface area contributed by atoms with Crippen LogP contribution in [0.4, 0.5) is 28.7 Å². The van der Waals surface area contributed by atoms with Gasteiger partial charge in [-0.25, -0.2) is 9.97 Å². The zero-order chi connectivity index (χ0) is 21.7. The molecule has 0 fully saturated rings. The summed E-state index contributed by atoms with van der Waals surface area (Å²) >= 11 is 3.32. The Bertz CT molecular complexity index is 1140. The molecule has 0 radical (unpaired) electrons. The Hall–Kier alpha value is -4.13. The first kappa shape index (κ1) is 20.6. The van der Waals surface area contributed by atoms with Crippen molar-refractivity contribution in [3.05, 3.63) is 85.1 Å². The van der Waals surface area contributed by atoms with E-state index in [4.69, 9.17) is 0 Å². The van der Waals surface area contributed by atoms with Crippen molar-refractivity contribution in [3.8, 4) is 0 Å². The van der Waals surface area contributed by atoms with Crippen LogP contribution in [0.25, 0.3) is 0 Å². The van der Waals surface area contributed by atoms with Gasteiger partial charge in [-0.3, -0.25) is 35.9 Å². The van der Waals surface area contributed by atoms with Crippen LogP contribution in [0.15, 0.2) is 59.3 Å². The Labute approximate surface area is 176 Å². The maximum Gasteiger partial charge on any atom is 0.355 e. The van der Waals surface area contributed by atoms with Crippen LogP contribution >= 0.6 is 15.9 Å². The number of hydrogen-bond donors (Lipinski definition) is 3. The van der Waals surface area contributed by atoms with E-state index in [1.165, 1.54) is 24.3 Å². The molecule has 1 amide bonds. The molecule has 0 saturated carbocycles. The summed E-state index contributed by atoms with van der Waals surface area (Å²) in [5.74, 6) is -1.30. The molecule has 0 saturated heterocycles. The number of para-hydroxylation sites is 2. The number of amides is 1. The number of nitrogens with one attached hydrogen (secondary N) is 3. The number of hydrazine groups is 1. The van der Waals surface area contributed by atoms with Crippen molar-refractivity contribution in [2.75, 3.05) is 10.7 Å². The Morgan fingerprint density at radius 3 is 2.30 bits per heavy atom. The maximum absolute atomic E-state index is 12.3. The van der Waals surface area contributed by atoms with Gasteiger partial charge in [0.1, 0.15) is 11.9 Å². The number of carbonyl (C=O) groups excluding carboxylic acids is 1. The maximum atomic E-state index is 12.3. The zero-order valence-corrected chi connectivity index (χ0v) is 16.5. The third-order valence-corrected chi connectivity index (χ3v) is 4.46. The Balaban J connectivity index is 1.86. The quantitative estimate of drug-likeness (QED) is 0.343. The lowest BCUT2D eigenvalue weighted by molar-refractivity contribution is -0.385. The van der Waals surface area contributed by atoms with E-state index in [2.05, 4.69) is 42.1 Å². The van der Waals surface area contributed by atoms with E-state index >= 15 is 0 Å². The SMILES string of the molecule is O=C(NNc1ncnc(Nc2ccccc2Br)c1[N+](=O)[O-])c1ccccc1[N+](=O)[O-].